The molecule has 37 heavy (non-hydrogen) atoms. The fourth-order valence-corrected chi connectivity index (χ4v) is 3.74. The van der Waals surface area contributed by atoms with Gasteiger partial charge in [0.2, 0.25) is 5.95 Å². The highest BCUT2D eigenvalue weighted by Crippen LogP contribution is 2.23. The van der Waals surface area contributed by atoms with Crippen molar-refractivity contribution in [2.45, 2.75) is 19.9 Å². The molecule has 0 amide bonds. The van der Waals surface area contributed by atoms with Crippen LogP contribution < -0.4 is 15.6 Å². The summed E-state index contributed by atoms with van der Waals surface area (Å²) in [6.07, 6.45) is 3.97. The molecule has 186 valence electrons. The third-order valence-electron chi connectivity index (χ3n) is 5.52. The van der Waals surface area contributed by atoms with Crippen LogP contribution in [0.15, 0.2) is 87.2 Å². The number of carbonyl (C=O) groups is 1. The molecule has 5 rings (SSSR count). The van der Waals surface area contributed by atoms with Gasteiger partial charge >= 0.3 is 0 Å². The first-order chi connectivity index (χ1) is 18.0. The lowest BCUT2D eigenvalue weighted by molar-refractivity contribution is 0.0991. The Kier molecular flexibility index (Phi) is 6.82. The van der Waals surface area contributed by atoms with Crippen LogP contribution in [0.1, 0.15) is 27.2 Å². The number of aryl methyl sites for hydroxylation is 1. The summed E-state index contributed by atoms with van der Waals surface area (Å²) in [5.41, 5.74) is 2.22. The number of nitrogens with one attached hydrogen (secondary N) is 1. The van der Waals surface area contributed by atoms with Crippen LogP contribution in [0.25, 0.3) is 0 Å². The van der Waals surface area contributed by atoms with Crippen molar-refractivity contribution in [2.75, 3.05) is 5.32 Å². The molecule has 0 saturated carbocycles. The van der Waals surface area contributed by atoms with E-state index < -0.39 is 0 Å². The van der Waals surface area contributed by atoms with E-state index in [-0.39, 0.29) is 29.9 Å². The Hall–Kier alpha value is -4.70. The third-order valence-corrected chi connectivity index (χ3v) is 5.77. The van der Waals surface area contributed by atoms with Gasteiger partial charge in [-0.3, -0.25) is 14.2 Å². The maximum atomic E-state index is 13.5. The molecular formula is C26H20ClN5O5. The van der Waals surface area contributed by atoms with Gasteiger partial charge in [-0.05, 0) is 54.0 Å². The summed E-state index contributed by atoms with van der Waals surface area (Å²) in [5.74, 6) is 0.927. The molecule has 1 N–H and O–H groups in total. The molecule has 0 bridgehead atoms. The Morgan fingerprint density at radius 3 is 2.51 bits per heavy atom. The summed E-state index contributed by atoms with van der Waals surface area (Å²) >= 11 is 6.02. The first kappa shape index (κ1) is 24.0. The molecule has 0 aliphatic carbocycles. The number of anilines is 2. The number of hydrogen-bond donors (Lipinski definition) is 1. The molecule has 5 aromatic rings. The SMILES string of the molecule is Cc1nocc1C(=O)Cc1cnc(Nc2ccc(Oc3ccon3)cc2)n(Cc2ccc(Cl)cc2)c1=O. The van der Waals surface area contributed by atoms with Gasteiger partial charge in [0.05, 0.1) is 17.8 Å². The minimum absolute atomic E-state index is 0.136. The van der Waals surface area contributed by atoms with Crippen molar-refractivity contribution in [1.29, 1.82) is 0 Å². The van der Waals surface area contributed by atoms with Gasteiger partial charge in [-0.2, -0.15) is 0 Å². The fourth-order valence-electron chi connectivity index (χ4n) is 3.61. The van der Waals surface area contributed by atoms with Gasteiger partial charge in [-0.1, -0.05) is 28.9 Å². The molecule has 0 fully saturated rings. The van der Waals surface area contributed by atoms with E-state index in [1.807, 2.05) is 12.1 Å². The topological polar surface area (TPSA) is 125 Å². The Morgan fingerprint density at radius 2 is 1.84 bits per heavy atom. The van der Waals surface area contributed by atoms with Crippen LogP contribution in [0.5, 0.6) is 11.6 Å². The van der Waals surface area contributed by atoms with Gasteiger partial charge in [-0.15, -0.1) is 0 Å². The summed E-state index contributed by atoms with van der Waals surface area (Å²) in [5, 5.41) is 11.2. The minimum Gasteiger partial charge on any atom is -0.436 e. The highest BCUT2D eigenvalue weighted by Gasteiger charge is 2.18. The van der Waals surface area contributed by atoms with Crippen molar-refractivity contribution in [3.63, 3.8) is 0 Å². The number of aromatic nitrogens is 4. The zero-order chi connectivity index (χ0) is 25.8. The second-order valence-corrected chi connectivity index (χ2v) is 8.56. The Bertz CT molecular complexity index is 1580. The van der Waals surface area contributed by atoms with Crippen molar-refractivity contribution in [3.8, 4) is 11.6 Å². The van der Waals surface area contributed by atoms with Gasteiger partial charge in [0.25, 0.3) is 11.4 Å². The van der Waals surface area contributed by atoms with E-state index in [0.717, 1.165) is 5.56 Å². The molecule has 3 aromatic heterocycles. The van der Waals surface area contributed by atoms with Crippen molar-refractivity contribution < 1.29 is 18.6 Å². The molecule has 0 atom stereocenters. The average molecular weight is 518 g/mol. The lowest BCUT2D eigenvalue weighted by Crippen LogP contribution is -2.28. The molecule has 0 aliphatic heterocycles. The molecule has 0 aliphatic rings. The largest absolute Gasteiger partial charge is 0.436 e. The van der Waals surface area contributed by atoms with E-state index in [0.29, 0.717) is 39.5 Å². The van der Waals surface area contributed by atoms with E-state index >= 15 is 0 Å². The van der Waals surface area contributed by atoms with Crippen LogP contribution in [-0.2, 0) is 13.0 Å². The van der Waals surface area contributed by atoms with Crippen molar-refractivity contribution in [1.82, 2.24) is 19.9 Å². The molecule has 0 saturated heterocycles. The molecule has 10 nitrogen and oxygen atoms in total. The quantitative estimate of drug-likeness (QED) is 0.263. The second kappa shape index (κ2) is 10.5. The smallest absolute Gasteiger partial charge is 0.259 e. The number of Topliss-reactive ketones (excluding diaryl/α,β-unsaturated/α-hetero) is 1. The van der Waals surface area contributed by atoms with Crippen LogP contribution in [0.4, 0.5) is 11.6 Å². The summed E-state index contributed by atoms with van der Waals surface area (Å²) < 4.78 is 16.7. The molecule has 0 spiro atoms. The van der Waals surface area contributed by atoms with E-state index in [1.165, 1.54) is 23.3 Å². The average Bonchev–Trinajstić information content (AvgIpc) is 3.57. The van der Waals surface area contributed by atoms with E-state index in [2.05, 4.69) is 20.6 Å². The molecule has 0 unspecified atom stereocenters. The number of halogens is 1. The maximum absolute atomic E-state index is 13.5. The van der Waals surface area contributed by atoms with Crippen LogP contribution in [-0.4, -0.2) is 25.6 Å². The van der Waals surface area contributed by atoms with Crippen molar-refractivity contribution in [2.24, 2.45) is 0 Å². The van der Waals surface area contributed by atoms with E-state index in [1.54, 1.807) is 49.4 Å². The van der Waals surface area contributed by atoms with Crippen LogP contribution in [0, 0.1) is 6.92 Å². The van der Waals surface area contributed by atoms with Crippen molar-refractivity contribution in [3.05, 3.63) is 111 Å². The third kappa shape index (κ3) is 5.60. The number of benzene rings is 2. The first-order valence-electron chi connectivity index (χ1n) is 11.2. The Balaban J connectivity index is 1.43. The monoisotopic (exact) mass is 517 g/mol. The lowest BCUT2D eigenvalue weighted by Gasteiger charge is -2.15. The van der Waals surface area contributed by atoms with Gasteiger partial charge in [-0.25, -0.2) is 4.98 Å². The fraction of sp³-hybridized carbons (Fsp3) is 0.115. The number of rotatable bonds is 9. The molecular weight excluding hydrogens is 498 g/mol. The predicted octanol–water partition coefficient (Wildman–Crippen LogP) is 5.19. The van der Waals surface area contributed by atoms with E-state index in [4.69, 9.17) is 25.4 Å². The van der Waals surface area contributed by atoms with Crippen molar-refractivity contribution >= 4 is 29.0 Å². The van der Waals surface area contributed by atoms with Gasteiger partial charge in [0.1, 0.15) is 18.3 Å². The van der Waals surface area contributed by atoms with Crippen LogP contribution in [0.3, 0.4) is 0 Å². The van der Waals surface area contributed by atoms with Gasteiger partial charge in [0, 0.05) is 35.0 Å². The second-order valence-electron chi connectivity index (χ2n) is 8.13. The lowest BCUT2D eigenvalue weighted by atomic mass is 10.1. The number of ether oxygens (including phenoxy) is 1. The first-order valence-corrected chi connectivity index (χ1v) is 11.6. The van der Waals surface area contributed by atoms with Gasteiger partial charge in [0.15, 0.2) is 5.78 Å². The zero-order valence-electron chi connectivity index (χ0n) is 19.6. The highest BCUT2D eigenvalue weighted by molar-refractivity contribution is 6.30. The zero-order valence-corrected chi connectivity index (χ0v) is 20.3. The standard InChI is InChI=1S/C26H20ClN5O5/c1-16-22(15-36-30-16)23(33)12-18-13-28-26(32(25(18)34)14-17-2-4-19(27)5-3-17)29-20-6-8-21(9-7-20)37-24-10-11-35-31-24/h2-11,13,15H,12,14H2,1H3,(H,28,29). The minimum atomic E-state index is -0.346. The number of ketones is 1. The molecule has 0 radical (unpaired) electrons. The summed E-state index contributed by atoms with van der Waals surface area (Å²) in [4.78, 5) is 30.7. The summed E-state index contributed by atoms with van der Waals surface area (Å²) in [6, 6.07) is 15.8. The predicted molar refractivity (Wildman–Crippen MR) is 135 cm³/mol. The van der Waals surface area contributed by atoms with E-state index in [9.17, 15) is 9.59 Å². The van der Waals surface area contributed by atoms with Crippen LogP contribution in [0.2, 0.25) is 5.02 Å². The van der Waals surface area contributed by atoms with Gasteiger partial charge < -0.3 is 19.1 Å². The normalized spacial score (nSPS) is 10.9. The Labute approximate surface area is 215 Å². The molecule has 11 heteroatoms. The Morgan fingerprint density at radius 1 is 1.05 bits per heavy atom. The number of hydrogen-bond acceptors (Lipinski definition) is 9. The summed E-state index contributed by atoms with van der Waals surface area (Å²) in [6.45, 7) is 1.88. The molecule has 3 heterocycles. The maximum Gasteiger partial charge on any atom is 0.259 e. The molecule has 2 aromatic carbocycles. The highest BCUT2D eigenvalue weighted by atomic mass is 35.5. The number of nitrogens with zero attached hydrogens (tertiary/aromatic N) is 4. The summed E-state index contributed by atoms with van der Waals surface area (Å²) in [7, 11) is 0. The van der Waals surface area contributed by atoms with Crippen LogP contribution >= 0.6 is 11.6 Å². The number of carbonyl (C=O) groups excluding carboxylic acids is 1.